The van der Waals surface area contributed by atoms with Crippen LogP contribution >= 0.6 is 0 Å². The lowest BCUT2D eigenvalue weighted by molar-refractivity contribution is 0.0492. The zero-order valence-corrected chi connectivity index (χ0v) is 11.7. The molecular weight excluding hydrogens is 236 g/mol. The molecule has 0 bridgehead atoms. The van der Waals surface area contributed by atoms with Crippen LogP contribution in [0.5, 0.6) is 0 Å². The molecule has 102 valence electrons. The van der Waals surface area contributed by atoms with Gasteiger partial charge in [-0.3, -0.25) is 0 Å². The summed E-state index contributed by atoms with van der Waals surface area (Å²) in [6.07, 6.45) is 6.78. The van der Waals surface area contributed by atoms with Crippen molar-refractivity contribution in [2.24, 2.45) is 0 Å². The Hall–Kier alpha value is -1.48. The largest absolute Gasteiger partial charge is 0.376 e. The average Bonchev–Trinajstić information content (AvgIpc) is 3.08. The summed E-state index contributed by atoms with van der Waals surface area (Å²) in [4.78, 5) is 4.73. The summed E-state index contributed by atoms with van der Waals surface area (Å²) in [6, 6.07) is 11.1. The van der Waals surface area contributed by atoms with Crippen LogP contribution < -0.4 is 0 Å². The van der Waals surface area contributed by atoms with E-state index in [1.807, 2.05) is 7.11 Å². The molecule has 1 aromatic carbocycles. The van der Waals surface area contributed by atoms with Crippen molar-refractivity contribution in [2.75, 3.05) is 20.3 Å². The van der Waals surface area contributed by atoms with E-state index in [1.165, 1.54) is 18.4 Å². The summed E-state index contributed by atoms with van der Waals surface area (Å²) in [5, 5.41) is 0. The van der Waals surface area contributed by atoms with Crippen molar-refractivity contribution in [1.82, 2.24) is 9.80 Å². The van der Waals surface area contributed by atoms with E-state index >= 15 is 0 Å². The minimum absolute atomic E-state index is 0.135. The fraction of sp³-hybridized carbons (Fsp3) is 0.500. The van der Waals surface area contributed by atoms with Gasteiger partial charge in [0.1, 0.15) is 0 Å². The molecule has 0 amide bonds. The van der Waals surface area contributed by atoms with E-state index in [9.17, 15) is 0 Å². The van der Waals surface area contributed by atoms with Gasteiger partial charge in [-0.25, -0.2) is 0 Å². The van der Waals surface area contributed by atoms with Crippen molar-refractivity contribution in [3.8, 4) is 0 Å². The molecule has 3 rings (SSSR count). The summed E-state index contributed by atoms with van der Waals surface area (Å²) < 4.78 is 5.60. The third-order valence-electron chi connectivity index (χ3n) is 4.33. The normalized spacial score (nSPS) is 21.8. The second kappa shape index (κ2) is 4.89. The van der Waals surface area contributed by atoms with Gasteiger partial charge in [-0.05, 0) is 25.3 Å². The van der Waals surface area contributed by atoms with Gasteiger partial charge >= 0.3 is 0 Å². The maximum atomic E-state index is 5.60. The van der Waals surface area contributed by atoms with Gasteiger partial charge < -0.3 is 14.5 Å². The van der Waals surface area contributed by atoms with Gasteiger partial charge in [-0.1, -0.05) is 30.3 Å². The number of nitrogens with zero attached hydrogens (tertiary/aromatic N) is 2. The molecule has 1 aromatic rings. The van der Waals surface area contributed by atoms with Gasteiger partial charge in [0, 0.05) is 26.1 Å². The fourth-order valence-corrected chi connectivity index (χ4v) is 2.70. The molecule has 0 spiro atoms. The third kappa shape index (κ3) is 2.61. The van der Waals surface area contributed by atoms with Gasteiger partial charge in [0.25, 0.3) is 0 Å². The molecule has 1 heterocycles. The molecule has 19 heavy (non-hydrogen) atoms. The van der Waals surface area contributed by atoms with Crippen molar-refractivity contribution < 1.29 is 4.74 Å². The maximum Gasteiger partial charge on any atom is 0.0900 e. The molecule has 3 heteroatoms. The van der Waals surface area contributed by atoms with Gasteiger partial charge in [0.2, 0.25) is 0 Å². The zero-order valence-electron chi connectivity index (χ0n) is 11.7. The number of benzene rings is 1. The van der Waals surface area contributed by atoms with E-state index in [0.717, 1.165) is 13.2 Å². The Morgan fingerprint density at radius 3 is 2.58 bits per heavy atom. The van der Waals surface area contributed by atoms with Gasteiger partial charge in [-0.2, -0.15) is 0 Å². The molecule has 1 fully saturated rings. The van der Waals surface area contributed by atoms with Gasteiger partial charge in [0.15, 0.2) is 0 Å². The highest BCUT2D eigenvalue weighted by Gasteiger charge is 2.44. The maximum absolute atomic E-state index is 5.60. The monoisotopic (exact) mass is 258 g/mol. The van der Waals surface area contributed by atoms with Crippen LogP contribution in [-0.2, 0) is 4.74 Å². The number of hydrogen-bond acceptors (Lipinski definition) is 3. The van der Waals surface area contributed by atoms with Gasteiger partial charge in [0.05, 0.1) is 18.3 Å². The van der Waals surface area contributed by atoms with E-state index in [0.29, 0.717) is 6.04 Å². The second-order valence-electron chi connectivity index (χ2n) is 5.67. The molecule has 1 atom stereocenters. The van der Waals surface area contributed by atoms with E-state index in [2.05, 4.69) is 59.5 Å². The molecule has 0 N–H and O–H groups in total. The summed E-state index contributed by atoms with van der Waals surface area (Å²) in [5.41, 5.74) is 1.50. The molecule has 0 radical (unpaired) electrons. The molecule has 1 aliphatic heterocycles. The average molecular weight is 258 g/mol. The predicted molar refractivity (Wildman–Crippen MR) is 76.4 cm³/mol. The Morgan fingerprint density at radius 1 is 1.21 bits per heavy atom. The SMILES string of the molecule is COC1(CN2C=CN([C@H](C)c3ccccc3)C2)CC1. The molecule has 0 saturated heterocycles. The lowest BCUT2D eigenvalue weighted by atomic mass is 10.1. The van der Waals surface area contributed by atoms with Crippen LogP contribution in [0.15, 0.2) is 42.7 Å². The Labute approximate surface area is 115 Å². The van der Waals surface area contributed by atoms with E-state index in [-0.39, 0.29) is 5.60 Å². The molecule has 1 aliphatic carbocycles. The third-order valence-corrected chi connectivity index (χ3v) is 4.33. The highest BCUT2D eigenvalue weighted by atomic mass is 16.5. The summed E-state index contributed by atoms with van der Waals surface area (Å²) in [7, 11) is 1.83. The lowest BCUT2D eigenvalue weighted by Gasteiger charge is -2.29. The lowest BCUT2D eigenvalue weighted by Crippen LogP contribution is -2.34. The molecule has 0 unspecified atom stereocenters. The topological polar surface area (TPSA) is 15.7 Å². The summed E-state index contributed by atoms with van der Waals surface area (Å²) in [5.74, 6) is 0. The zero-order chi connectivity index (χ0) is 13.3. The van der Waals surface area contributed by atoms with Crippen LogP contribution in [0.25, 0.3) is 0 Å². The van der Waals surface area contributed by atoms with Crippen LogP contribution in [0, 0.1) is 0 Å². The highest BCUT2D eigenvalue weighted by molar-refractivity contribution is 5.19. The number of rotatable bonds is 5. The van der Waals surface area contributed by atoms with E-state index in [1.54, 1.807) is 0 Å². The first kappa shape index (κ1) is 12.5. The van der Waals surface area contributed by atoms with Crippen LogP contribution in [0.3, 0.4) is 0 Å². The quantitative estimate of drug-likeness (QED) is 0.807. The first-order valence-electron chi connectivity index (χ1n) is 7.01. The van der Waals surface area contributed by atoms with Crippen molar-refractivity contribution in [1.29, 1.82) is 0 Å². The molecule has 2 aliphatic rings. The van der Waals surface area contributed by atoms with Crippen molar-refractivity contribution in [3.05, 3.63) is 48.3 Å². The Balaban J connectivity index is 1.59. The van der Waals surface area contributed by atoms with Crippen molar-refractivity contribution in [2.45, 2.75) is 31.4 Å². The number of methoxy groups -OCH3 is 1. The van der Waals surface area contributed by atoms with E-state index in [4.69, 9.17) is 4.74 Å². The molecule has 3 nitrogen and oxygen atoms in total. The molecule has 0 aromatic heterocycles. The Morgan fingerprint density at radius 2 is 1.95 bits per heavy atom. The number of hydrogen-bond donors (Lipinski definition) is 0. The van der Waals surface area contributed by atoms with Crippen LogP contribution in [0.4, 0.5) is 0 Å². The van der Waals surface area contributed by atoms with Crippen LogP contribution in [0.1, 0.15) is 31.4 Å². The van der Waals surface area contributed by atoms with Crippen LogP contribution in [-0.4, -0.2) is 35.7 Å². The first-order valence-corrected chi connectivity index (χ1v) is 7.01. The summed E-state index contributed by atoms with van der Waals surface area (Å²) in [6.45, 7) is 4.23. The first-order chi connectivity index (χ1) is 9.22. The highest BCUT2D eigenvalue weighted by Crippen LogP contribution is 2.40. The standard InChI is InChI=1S/C16H22N2O/c1-14(15-6-4-3-5-7-15)18-11-10-17(13-18)12-16(19-2)8-9-16/h3-7,10-11,14H,8-9,12-13H2,1-2H3/t14-/m1/s1. The smallest absolute Gasteiger partial charge is 0.0900 e. The molecule has 1 saturated carbocycles. The van der Waals surface area contributed by atoms with Crippen molar-refractivity contribution >= 4 is 0 Å². The Kier molecular flexibility index (Phi) is 3.23. The fourth-order valence-electron chi connectivity index (χ4n) is 2.70. The predicted octanol–water partition coefficient (Wildman–Crippen LogP) is 2.97. The number of ether oxygens (including phenoxy) is 1. The minimum Gasteiger partial charge on any atom is -0.376 e. The van der Waals surface area contributed by atoms with Crippen molar-refractivity contribution in [3.63, 3.8) is 0 Å². The minimum atomic E-state index is 0.135. The second-order valence-corrected chi connectivity index (χ2v) is 5.67. The molecular formula is C16H22N2O. The van der Waals surface area contributed by atoms with E-state index < -0.39 is 0 Å². The van der Waals surface area contributed by atoms with Gasteiger partial charge in [-0.15, -0.1) is 0 Å². The Bertz CT molecular complexity index is 453. The summed E-state index contributed by atoms with van der Waals surface area (Å²) >= 11 is 0. The van der Waals surface area contributed by atoms with Crippen LogP contribution in [0.2, 0.25) is 0 Å².